The summed E-state index contributed by atoms with van der Waals surface area (Å²) >= 11 is 1.52. The number of thiophene rings is 1. The molecule has 13 nitrogen and oxygen atoms in total. The zero-order valence-corrected chi connectivity index (χ0v) is 28.1. The molecule has 15 heteroatoms. The Labute approximate surface area is 268 Å². The molecule has 45 heavy (non-hydrogen) atoms. The lowest BCUT2D eigenvalue weighted by atomic mass is 10.1. The minimum Gasteiger partial charge on any atom is -0.458 e. The molecule has 0 saturated carbocycles. The van der Waals surface area contributed by atoms with E-state index >= 15 is 0 Å². The van der Waals surface area contributed by atoms with Gasteiger partial charge in [-0.1, -0.05) is 6.07 Å². The number of nitrogens with zero attached hydrogens (tertiary/aromatic N) is 3. The molecular formula is C30H40N6O7S2. The number of nitrogens with one attached hydrogen (secondary N) is 3. The zero-order valence-electron chi connectivity index (χ0n) is 26.4. The SMILES string of the molecule is CCOC(=O)N=[SH](=O)c1ccc(Nc2ncc(-c3cccs3)c(NCC[C@H](NC(=O)OC(C)(C)C)C(=O)OC(C)(C)C)n2)cc1. The van der Waals surface area contributed by atoms with Crippen molar-refractivity contribution in [3.63, 3.8) is 0 Å². The molecule has 3 aromatic rings. The van der Waals surface area contributed by atoms with Gasteiger partial charge in [-0.25, -0.2) is 23.6 Å². The van der Waals surface area contributed by atoms with E-state index in [2.05, 4.69) is 30.3 Å². The molecular weight excluding hydrogens is 620 g/mol. The maximum Gasteiger partial charge on any atom is 0.441 e. The van der Waals surface area contributed by atoms with Crippen LogP contribution in [-0.4, -0.2) is 62.7 Å². The van der Waals surface area contributed by atoms with E-state index in [0.29, 0.717) is 16.4 Å². The van der Waals surface area contributed by atoms with Gasteiger partial charge in [0, 0.05) is 28.2 Å². The van der Waals surface area contributed by atoms with Gasteiger partial charge in [0.25, 0.3) is 0 Å². The van der Waals surface area contributed by atoms with Crippen molar-refractivity contribution in [1.29, 1.82) is 0 Å². The number of carbonyl (C=O) groups is 3. The topological polar surface area (TPSA) is 170 Å². The maximum atomic E-state index is 13.0. The summed E-state index contributed by atoms with van der Waals surface area (Å²) in [5.41, 5.74) is -0.130. The first-order valence-corrected chi connectivity index (χ1v) is 16.3. The van der Waals surface area contributed by atoms with Crippen LogP contribution in [0.3, 0.4) is 0 Å². The number of rotatable bonds is 11. The smallest absolute Gasteiger partial charge is 0.441 e. The Morgan fingerprint density at radius 2 is 1.71 bits per heavy atom. The molecule has 0 fully saturated rings. The van der Waals surface area contributed by atoms with Crippen molar-refractivity contribution in [3.05, 3.63) is 48.0 Å². The summed E-state index contributed by atoms with van der Waals surface area (Å²) in [5.74, 6) is 0.198. The second-order valence-electron chi connectivity index (χ2n) is 11.6. The fourth-order valence-corrected chi connectivity index (χ4v) is 5.14. The molecule has 0 radical (unpaired) electrons. The summed E-state index contributed by atoms with van der Waals surface area (Å²) in [6, 6.07) is 9.38. The van der Waals surface area contributed by atoms with Crippen molar-refractivity contribution in [1.82, 2.24) is 15.3 Å². The average Bonchev–Trinajstić information content (AvgIpc) is 3.46. The monoisotopic (exact) mass is 660 g/mol. The van der Waals surface area contributed by atoms with E-state index in [0.717, 1.165) is 10.4 Å². The number of alkyl carbamates (subject to hydrolysis) is 1. The van der Waals surface area contributed by atoms with Crippen LogP contribution in [0.4, 0.5) is 27.0 Å². The van der Waals surface area contributed by atoms with Gasteiger partial charge in [0.05, 0.1) is 22.8 Å². The largest absolute Gasteiger partial charge is 0.458 e. The molecule has 3 rings (SSSR count). The fourth-order valence-electron chi connectivity index (χ4n) is 3.68. The second kappa shape index (κ2) is 15.7. The van der Waals surface area contributed by atoms with Crippen LogP contribution in [0, 0.1) is 0 Å². The lowest BCUT2D eigenvalue weighted by Crippen LogP contribution is -2.46. The van der Waals surface area contributed by atoms with Gasteiger partial charge in [-0.3, -0.25) is 0 Å². The summed E-state index contributed by atoms with van der Waals surface area (Å²) in [6.07, 6.45) is 0.257. The van der Waals surface area contributed by atoms with E-state index in [-0.39, 0.29) is 25.5 Å². The lowest BCUT2D eigenvalue weighted by molar-refractivity contribution is -0.157. The minimum atomic E-state index is -2.30. The van der Waals surface area contributed by atoms with Crippen LogP contribution in [0.1, 0.15) is 54.9 Å². The number of hydrogen-bond acceptors (Lipinski definition) is 12. The third kappa shape index (κ3) is 12.0. The van der Waals surface area contributed by atoms with Crippen LogP contribution >= 0.6 is 11.3 Å². The number of thiol groups is 1. The molecule has 1 unspecified atom stereocenters. The second-order valence-corrected chi connectivity index (χ2v) is 13.8. The summed E-state index contributed by atoms with van der Waals surface area (Å²) in [4.78, 5) is 47.4. The highest BCUT2D eigenvalue weighted by atomic mass is 32.2. The van der Waals surface area contributed by atoms with Crippen LogP contribution in [0.5, 0.6) is 0 Å². The van der Waals surface area contributed by atoms with Crippen molar-refractivity contribution >= 4 is 57.5 Å². The van der Waals surface area contributed by atoms with Gasteiger partial charge in [-0.15, -0.1) is 15.7 Å². The molecule has 0 saturated heterocycles. The summed E-state index contributed by atoms with van der Waals surface area (Å²) in [5, 5.41) is 10.9. The molecule has 0 aliphatic heterocycles. The molecule has 2 atom stereocenters. The normalized spacial score (nSPS) is 13.0. The summed E-state index contributed by atoms with van der Waals surface area (Å²) in [7, 11) is -2.30. The van der Waals surface area contributed by atoms with Crippen LogP contribution < -0.4 is 16.0 Å². The quantitative estimate of drug-likeness (QED) is 0.105. The Morgan fingerprint density at radius 3 is 2.31 bits per heavy atom. The molecule has 0 aliphatic rings. The van der Waals surface area contributed by atoms with E-state index in [1.165, 1.54) is 11.3 Å². The van der Waals surface area contributed by atoms with Crippen LogP contribution in [0.2, 0.25) is 0 Å². The Balaban J connectivity index is 1.78. The summed E-state index contributed by atoms with van der Waals surface area (Å²) in [6.45, 7) is 12.5. The number of amides is 2. The average molecular weight is 661 g/mol. The molecule has 1 aromatic carbocycles. The Kier molecular flexibility index (Phi) is 12.3. The first kappa shape index (κ1) is 35.2. The van der Waals surface area contributed by atoms with E-state index in [1.54, 1.807) is 78.9 Å². The molecule has 2 aromatic heterocycles. The van der Waals surface area contributed by atoms with Gasteiger partial charge in [0.15, 0.2) is 0 Å². The van der Waals surface area contributed by atoms with Crippen molar-refractivity contribution in [2.24, 2.45) is 4.36 Å². The molecule has 0 aliphatic carbocycles. The Bertz CT molecular complexity index is 1540. The van der Waals surface area contributed by atoms with Gasteiger partial charge >= 0.3 is 18.2 Å². The third-order valence-corrected chi connectivity index (χ3v) is 7.46. The highest BCUT2D eigenvalue weighted by molar-refractivity contribution is 7.75. The van der Waals surface area contributed by atoms with Gasteiger partial charge in [0.2, 0.25) is 5.95 Å². The molecule has 2 heterocycles. The molecule has 2 amide bonds. The maximum absolute atomic E-state index is 13.0. The van der Waals surface area contributed by atoms with Gasteiger partial charge in [0.1, 0.15) is 23.1 Å². The highest BCUT2D eigenvalue weighted by Gasteiger charge is 2.28. The summed E-state index contributed by atoms with van der Waals surface area (Å²) < 4.78 is 31.5. The fraction of sp³-hybridized carbons (Fsp3) is 0.433. The third-order valence-electron chi connectivity index (χ3n) is 5.47. The minimum absolute atomic E-state index is 0.143. The van der Waals surface area contributed by atoms with E-state index in [1.807, 2.05) is 17.5 Å². The van der Waals surface area contributed by atoms with E-state index in [4.69, 9.17) is 14.2 Å². The van der Waals surface area contributed by atoms with Crippen molar-refractivity contribution in [3.8, 4) is 10.4 Å². The first-order chi connectivity index (χ1) is 21.1. The Hall–Kier alpha value is -4.24. The Morgan fingerprint density at radius 1 is 1.02 bits per heavy atom. The van der Waals surface area contributed by atoms with Gasteiger partial charge < -0.3 is 30.2 Å². The predicted octanol–water partition coefficient (Wildman–Crippen LogP) is 6.17. The van der Waals surface area contributed by atoms with Gasteiger partial charge in [-0.2, -0.15) is 4.98 Å². The van der Waals surface area contributed by atoms with Gasteiger partial charge in [-0.05, 0) is 90.6 Å². The van der Waals surface area contributed by atoms with Crippen molar-refractivity contribution in [2.75, 3.05) is 23.8 Å². The van der Waals surface area contributed by atoms with Crippen LogP contribution in [-0.2, 0) is 29.6 Å². The molecule has 3 N–H and O–H groups in total. The van der Waals surface area contributed by atoms with E-state index < -0.39 is 46.0 Å². The predicted molar refractivity (Wildman–Crippen MR) is 174 cm³/mol. The molecule has 244 valence electrons. The zero-order chi connectivity index (χ0) is 33.2. The number of esters is 1. The number of aromatic nitrogens is 2. The van der Waals surface area contributed by atoms with Crippen molar-refractivity contribution < 1.29 is 32.8 Å². The first-order valence-electron chi connectivity index (χ1n) is 14.2. The number of anilines is 3. The standard InChI is InChI=1S/C30H40N6O7S2/c1-8-41-28(39)36-45(40)20-13-11-19(12-14-20)33-26-32-18-21(23-10-9-17-44-23)24(35-26)31-16-15-22(25(37)42-29(2,3)4)34-27(38)43-30(5,6)7/h9-14,17-18,22,45H,8,15-16H2,1-7H3,(H,34,38)(H2,31,32,33,35)/t22-/m0/s1. The van der Waals surface area contributed by atoms with Crippen molar-refractivity contribution in [2.45, 2.75) is 77.0 Å². The number of hydrogen-bond donors (Lipinski definition) is 4. The highest BCUT2D eigenvalue weighted by Crippen LogP contribution is 2.31. The van der Waals surface area contributed by atoms with E-state index in [9.17, 15) is 18.6 Å². The number of benzene rings is 1. The molecule has 0 bridgehead atoms. The lowest BCUT2D eigenvalue weighted by Gasteiger charge is -2.26. The van der Waals surface area contributed by atoms with Crippen LogP contribution in [0.25, 0.3) is 10.4 Å². The number of ether oxygens (including phenoxy) is 3. The number of carbonyl (C=O) groups excluding carboxylic acids is 3. The molecule has 0 spiro atoms. The van der Waals surface area contributed by atoms with Crippen LogP contribution in [0.15, 0.2) is 57.2 Å².